The Kier molecular flexibility index (Phi) is 6.40. The van der Waals surface area contributed by atoms with Crippen LogP contribution in [0.15, 0.2) is 176 Å². The fourth-order valence-corrected chi connectivity index (χ4v) is 7.96. The summed E-state index contributed by atoms with van der Waals surface area (Å²) in [5.41, 5.74) is 8.24. The molecule has 1 aromatic heterocycles. The number of anilines is 3. The van der Waals surface area contributed by atoms with Crippen molar-refractivity contribution in [2.24, 2.45) is 0 Å². The molecule has 216 valence electrons. The van der Waals surface area contributed by atoms with Crippen molar-refractivity contribution < 1.29 is 0 Å². The van der Waals surface area contributed by atoms with E-state index in [9.17, 15) is 0 Å². The molecule has 1 nitrogen and oxygen atoms in total. The van der Waals surface area contributed by atoms with Gasteiger partial charge in [-0.25, -0.2) is 0 Å². The van der Waals surface area contributed by atoms with E-state index in [0.29, 0.717) is 0 Å². The van der Waals surface area contributed by atoms with Crippen LogP contribution in [0.1, 0.15) is 0 Å². The lowest BCUT2D eigenvalue weighted by molar-refractivity contribution is 1.30. The highest BCUT2D eigenvalue weighted by Gasteiger charge is 2.20. The zero-order valence-electron chi connectivity index (χ0n) is 25.1. The van der Waals surface area contributed by atoms with E-state index in [1.165, 1.54) is 64.0 Å². The number of hydrogen-bond donors (Lipinski definition) is 0. The van der Waals surface area contributed by atoms with E-state index in [-0.39, 0.29) is 0 Å². The standard InChI is InChI=1S/C44H29NS/c1-2-13-32-27-34(24-23-30(32)11-1)33-15-9-16-36(28-33)45(42-21-10-14-31-12-3-4-17-37(31)42)41-20-7-5-18-38(41)35-25-26-40-39-19-6-8-22-43(39)46-44(40)29-35/h1-29H. The van der Waals surface area contributed by atoms with Crippen molar-refractivity contribution in [3.8, 4) is 22.3 Å². The van der Waals surface area contributed by atoms with Gasteiger partial charge in [-0.05, 0) is 75.3 Å². The maximum atomic E-state index is 2.44. The van der Waals surface area contributed by atoms with Gasteiger partial charge < -0.3 is 4.90 Å². The molecule has 0 unspecified atom stereocenters. The zero-order chi connectivity index (χ0) is 30.5. The second-order valence-corrected chi connectivity index (χ2v) is 12.9. The van der Waals surface area contributed by atoms with Crippen molar-refractivity contribution in [3.63, 3.8) is 0 Å². The Bertz CT molecular complexity index is 2550. The number of benzene rings is 8. The first kappa shape index (κ1) is 26.7. The van der Waals surface area contributed by atoms with Crippen LogP contribution in [-0.4, -0.2) is 0 Å². The normalized spacial score (nSPS) is 11.5. The summed E-state index contributed by atoms with van der Waals surface area (Å²) < 4.78 is 2.63. The molecule has 0 aliphatic rings. The van der Waals surface area contributed by atoms with Gasteiger partial charge in [-0.1, -0.05) is 133 Å². The summed E-state index contributed by atoms with van der Waals surface area (Å²) in [6.45, 7) is 0. The average Bonchev–Trinajstić information content (AvgIpc) is 3.50. The first-order chi connectivity index (χ1) is 22.8. The predicted octanol–water partition coefficient (Wildman–Crippen LogP) is 13.2. The molecule has 0 fully saturated rings. The van der Waals surface area contributed by atoms with E-state index < -0.39 is 0 Å². The van der Waals surface area contributed by atoms with Crippen LogP contribution >= 0.6 is 11.3 Å². The molecule has 0 N–H and O–H groups in total. The fraction of sp³-hybridized carbons (Fsp3) is 0. The molecule has 2 heteroatoms. The summed E-state index contributed by atoms with van der Waals surface area (Å²) in [6.07, 6.45) is 0. The van der Waals surface area contributed by atoms with Gasteiger partial charge in [0.2, 0.25) is 0 Å². The van der Waals surface area contributed by atoms with Gasteiger partial charge in [-0.3, -0.25) is 0 Å². The Morgan fingerprint density at radius 3 is 1.93 bits per heavy atom. The molecule has 0 bridgehead atoms. The summed E-state index contributed by atoms with van der Waals surface area (Å²) >= 11 is 1.87. The molecule has 46 heavy (non-hydrogen) atoms. The van der Waals surface area contributed by atoms with E-state index in [0.717, 1.165) is 17.1 Å². The van der Waals surface area contributed by atoms with Gasteiger partial charge in [-0.2, -0.15) is 0 Å². The molecule has 9 rings (SSSR count). The summed E-state index contributed by atoms with van der Waals surface area (Å²) in [7, 11) is 0. The Hall–Kier alpha value is -5.70. The molecule has 0 spiro atoms. The quantitative estimate of drug-likeness (QED) is 0.189. The molecule has 0 aliphatic carbocycles. The average molecular weight is 604 g/mol. The molecule has 0 saturated heterocycles. The minimum atomic E-state index is 1.12. The van der Waals surface area contributed by atoms with Crippen molar-refractivity contribution in [2.75, 3.05) is 4.90 Å². The van der Waals surface area contributed by atoms with Gasteiger partial charge in [0.05, 0.1) is 11.4 Å². The molecule has 8 aromatic carbocycles. The Morgan fingerprint density at radius 2 is 1.00 bits per heavy atom. The van der Waals surface area contributed by atoms with Gasteiger partial charge in [0, 0.05) is 36.8 Å². The summed E-state index contributed by atoms with van der Waals surface area (Å²) in [4.78, 5) is 2.44. The number of fused-ring (bicyclic) bond motifs is 5. The minimum Gasteiger partial charge on any atom is -0.309 e. The third kappa shape index (κ3) is 4.54. The maximum Gasteiger partial charge on any atom is 0.0540 e. The van der Waals surface area contributed by atoms with Crippen LogP contribution in [0.25, 0.3) is 64.0 Å². The van der Waals surface area contributed by atoms with Crippen LogP contribution in [0.2, 0.25) is 0 Å². The van der Waals surface area contributed by atoms with Gasteiger partial charge in [-0.15, -0.1) is 11.3 Å². The monoisotopic (exact) mass is 603 g/mol. The van der Waals surface area contributed by atoms with Crippen LogP contribution in [0.4, 0.5) is 17.1 Å². The first-order valence-corrected chi connectivity index (χ1v) is 16.5. The van der Waals surface area contributed by atoms with Crippen LogP contribution in [0.5, 0.6) is 0 Å². The molecule has 1 heterocycles. The first-order valence-electron chi connectivity index (χ1n) is 15.7. The van der Waals surface area contributed by atoms with Gasteiger partial charge in [0.25, 0.3) is 0 Å². The van der Waals surface area contributed by atoms with Crippen LogP contribution < -0.4 is 4.90 Å². The van der Waals surface area contributed by atoms with Crippen LogP contribution in [0, 0.1) is 0 Å². The van der Waals surface area contributed by atoms with Crippen molar-refractivity contribution in [1.82, 2.24) is 0 Å². The highest BCUT2D eigenvalue weighted by Crippen LogP contribution is 2.45. The number of thiophene rings is 1. The number of rotatable bonds is 5. The number of hydrogen-bond acceptors (Lipinski definition) is 2. The molecular weight excluding hydrogens is 575 g/mol. The van der Waals surface area contributed by atoms with Crippen molar-refractivity contribution in [3.05, 3.63) is 176 Å². The topological polar surface area (TPSA) is 3.24 Å². The summed E-state index contributed by atoms with van der Waals surface area (Å²) in [5, 5.41) is 7.58. The molecule has 0 atom stereocenters. The lowest BCUT2D eigenvalue weighted by Gasteiger charge is -2.29. The SMILES string of the molecule is c1cc(-c2ccc3ccccc3c2)cc(N(c2ccccc2-c2ccc3c(c2)sc2ccccc23)c2cccc3ccccc23)c1. The highest BCUT2D eigenvalue weighted by atomic mass is 32.1. The van der Waals surface area contributed by atoms with E-state index >= 15 is 0 Å². The second-order valence-electron chi connectivity index (χ2n) is 11.8. The molecular formula is C44H29NS. The highest BCUT2D eigenvalue weighted by molar-refractivity contribution is 7.25. The van der Waals surface area contributed by atoms with Gasteiger partial charge in [0.1, 0.15) is 0 Å². The summed E-state index contributed by atoms with van der Waals surface area (Å²) in [5.74, 6) is 0. The number of nitrogens with zero attached hydrogens (tertiary/aromatic N) is 1. The lowest BCUT2D eigenvalue weighted by atomic mass is 9.98. The van der Waals surface area contributed by atoms with Crippen LogP contribution in [0.3, 0.4) is 0 Å². The van der Waals surface area contributed by atoms with E-state index in [1.54, 1.807) is 0 Å². The third-order valence-corrected chi connectivity index (χ3v) is 10.2. The lowest BCUT2D eigenvalue weighted by Crippen LogP contribution is -2.11. The van der Waals surface area contributed by atoms with E-state index in [4.69, 9.17) is 0 Å². The zero-order valence-corrected chi connectivity index (χ0v) is 25.9. The van der Waals surface area contributed by atoms with Crippen LogP contribution in [-0.2, 0) is 0 Å². The minimum absolute atomic E-state index is 1.12. The van der Waals surface area contributed by atoms with Gasteiger partial charge in [0.15, 0.2) is 0 Å². The van der Waals surface area contributed by atoms with Crippen molar-refractivity contribution in [2.45, 2.75) is 0 Å². The maximum absolute atomic E-state index is 2.44. The van der Waals surface area contributed by atoms with E-state index in [2.05, 4.69) is 181 Å². The third-order valence-electron chi connectivity index (χ3n) is 9.03. The largest absolute Gasteiger partial charge is 0.309 e. The second kappa shape index (κ2) is 11.0. The molecule has 0 radical (unpaired) electrons. The molecule has 0 saturated carbocycles. The van der Waals surface area contributed by atoms with Gasteiger partial charge >= 0.3 is 0 Å². The van der Waals surface area contributed by atoms with E-state index in [1.807, 2.05) is 11.3 Å². The van der Waals surface area contributed by atoms with Crippen molar-refractivity contribution >= 4 is 70.1 Å². The fourth-order valence-electron chi connectivity index (χ4n) is 6.81. The predicted molar refractivity (Wildman–Crippen MR) is 200 cm³/mol. The molecule has 0 aliphatic heterocycles. The molecule has 0 amide bonds. The Morgan fingerprint density at radius 1 is 0.348 bits per heavy atom. The van der Waals surface area contributed by atoms with Crippen molar-refractivity contribution in [1.29, 1.82) is 0 Å². The smallest absolute Gasteiger partial charge is 0.0540 e. The summed E-state index contributed by atoms with van der Waals surface area (Å²) in [6, 6.07) is 64.1. The Labute approximate surface area is 272 Å². The Balaban J connectivity index is 1.26. The number of para-hydroxylation sites is 1. The molecule has 9 aromatic rings.